The zero-order valence-electron chi connectivity index (χ0n) is 11.1. The molecule has 0 N–H and O–H groups in total. The third-order valence-electron chi connectivity index (χ3n) is 2.07. The Morgan fingerprint density at radius 3 is 2.35 bits per heavy atom. The topological polar surface area (TPSA) is 18.5 Å². The SMILES string of the molecule is [CH2-]C/C=C\CCOCOCCCCCC.[I-].[Mg+2]. The fraction of sp³-hybridized carbons (Fsp3) is 0.769. The van der Waals surface area contributed by atoms with Gasteiger partial charge in [0.05, 0.1) is 6.61 Å². The van der Waals surface area contributed by atoms with E-state index in [2.05, 4.69) is 26.0 Å². The van der Waals surface area contributed by atoms with Crippen LogP contribution in [0.15, 0.2) is 12.2 Å². The average Bonchev–Trinajstić information content (AvgIpc) is 2.26. The van der Waals surface area contributed by atoms with Gasteiger partial charge in [0.15, 0.2) is 0 Å². The van der Waals surface area contributed by atoms with E-state index in [4.69, 9.17) is 9.47 Å². The number of unbranched alkanes of at least 4 members (excludes halogenated alkanes) is 3. The molecule has 0 saturated heterocycles. The molecule has 0 aromatic carbocycles. The van der Waals surface area contributed by atoms with Gasteiger partial charge in [-0.15, -0.1) is 6.08 Å². The van der Waals surface area contributed by atoms with E-state index >= 15 is 0 Å². The maximum Gasteiger partial charge on any atom is 2.00 e. The number of rotatable bonds is 11. The molecule has 0 radical (unpaired) electrons. The van der Waals surface area contributed by atoms with E-state index in [1.165, 1.54) is 19.3 Å². The first-order chi connectivity index (χ1) is 7.41. The average molecular weight is 365 g/mol. The molecule has 17 heavy (non-hydrogen) atoms. The molecule has 0 aliphatic heterocycles. The molecule has 0 aromatic heterocycles. The van der Waals surface area contributed by atoms with Crippen molar-refractivity contribution in [3.63, 3.8) is 0 Å². The number of hydrogen-bond donors (Lipinski definition) is 0. The van der Waals surface area contributed by atoms with Crippen LogP contribution in [-0.2, 0) is 9.47 Å². The van der Waals surface area contributed by atoms with Gasteiger partial charge in [-0.1, -0.05) is 32.3 Å². The normalized spacial score (nSPS) is 10.0. The molecular formula is C13H25IMgO2. The summed E-state index contributed by atoms with van der Waals surface area (Å²) in [5.74, 6) is 0. The molecule has 4 heteroatoms. The molecule has 0 bridgehead atoms. The van der Waals surface area contributed by atoms with Gasteiger partial charge >= 0.3 is 23.1 Å². The van der Waals surface area contributed by atoms with Gasteiger partial charge in [-0.2, -0.15) is 6.42 Å². The fourth-order valence-corrected chi connectivity index (χ4v) is 1.19. The van der Waals surface area contributed by atoms with Crippen LogP contribution in [0.2, 0.25) is 0 Å². The molecule has 0 unspecified atom stereocenters. The molecule has 0 spiro atoms. The van der Waals surface area contributed by atoms with Gasteiger partial charge < -0.3 is 40.4 Å². The summed E-state index contributed by atoms with van der Waals surface area (Å²) >= 11 is 0. The molecule has 0 saturated carbocycles. The van der Waals surface area contributed by atoms with E-state index in [9.17, 15) is 0 Å². The minimum absolute atomic E-state index is 0. The Kier molecular flexibility index (Phi) is 30.6. The Labute approximate surface area is 140 Å². The van der Waals surface area contributed by atoms with E-state index in [-0.39, 0.29) is 47.0 Å². The minimum atomic E-state index is 0. The summed E-state index contributed by atoms with van der Waals surface area (Å²) in [7, 11) is 0. The van der Waals surface area contributed by atoms with Crippen molar-refractivity contribution in [2.24, 2.45) is 0 Å². The van der Waals surface area contributed by atoms with Crippen molar-refractivity contribution in [3.8, 4) is 0 Å². The van der Waals surface area contributed by atoms with Crippen LogP contribution in [0.25, 0.3) is 0 Å². The Bertz CT molecular complexity index is 143. The quantitative estimate of drug-likeness (QED) is 0.132. The van der Waals surface area contributed by atoms with Crippen LogP contribution in [0.3, 0.4) is 0 Å². The van der Waals surface area contributed by atoms with E-state index in [0.717, 1.165) is 32.5 Å². The van der Waals surface area contributed by atoms with Crippen LogP contribution in [0.4, 0.5) is 0 Å². The van der Waals surface area contributed by atoms with Crippen LogP contribution < -0.4 is 24.0 Å². The monoisotopic (exact) mass is 364 g/mol. The van der Waals surface area contributed by atoms with Crippen molar-refractivity contribution in [1.82, 2.24) is 0 Å². The number of allylic oxidation sites excluding steroid dienone is 1. The van der Waals surface area contributed by atoms with Crippen LogP contribution >= 0.6 is 0 Å². The summed E-state index contributed by atoms with van der Waals surface area (Å²) in [6, 6.07) is 0. The van der Waals surface area contributed by atoms with Crippen LogP contribution in [0.1, 0.15) is 45.4 Å². The number of halogens is 1. The summed E-state index contributed by atoms with van der Waals surface area (Å²) in [5.41, 5.74) is 0. The predicted molar refractivity (Wildman–Crippen MR) is 70.4 cm³/mol. The van der Waals surface area contributed by atoms with Crippen molar-refractivity contribution in [1.29, 1.82) is 0 Å². The summed E-state index contributed by atoms with van der Waals surface area (Å²) in [5, 5.41) is 0. The molecular weight excluding hydrogens is 339 g/mol. The first-order valence-electron chi connectivity index (χ1n) is 6.01. The second-order valence-corrected chi connectivity index (χ2v) is 3.54. The summed E-state index contributed by atoms with van der Waals surface area (Å²) in [6.45, 7) is 7.93. The van der Waals surface area contributed by atoms with Crippen LogP contribution in [0.5, 0.6) is 0 Å². The first kappa shape index (κ1) is 23.3. The maximum atomic E-state index is 5.33. The van der Waals surface area contributed by atoms with Gasteiger partial charge in [-0.3, -0.25) is 0 Å². The number of ether oxygens (including phenoxy) is 2. The summed E-state index contributed by atoms with van der Waals surface area (Å²) in [6.07, 6.45) is 10.9. The molecule has 2 nitrogen and oxygen atoms in total. The zero-order valence-corrected chi connectivity index (χ0v) is 14.7. The van der Waals surface area contributed by atoms with E-state index < -0.39 is 0 Å². The Morgan fingerprint density at radius 1 is 1.00 bits per heavy atom. The van der Waals surface area contributed by atoms with Crippen molar-refractivity contribution < 1.29 is 33.5 Å². The molecule has 0 atom stereocenters. The summed E-state index contributed by atoms with van der Waals surface area (Å²) in [4.78, 5) is 0. The van der Waals surface area contributed by atoms with Crippen molar-refractivity contribution in [2.75, 3.05) is 20.0 Å². The van der Waals surface area contributed by atoms with Gasteiger partial charge in [0.2, 0.25) is 0 Å². The Morgan fingerprint density at radius 2 is 1.71 bits per heavy atom. The van der Waals surface area contributed by atoms with Crippen molar-refractivity contribution in [3.05, 3.63) is 19.1 Å². The molecule has 0 fully saturated rings. The molecule has 98 valence electrons. The number of hydrogen-bond acceptors (Lipinski definition) is 2. The molecule has 0 heterocycles. The second kappa shape index (κ2) is 22.3. The van der Waals surface area contributed by atoms with Gasteiger partial charge in [0.1, 0.15) is 6.79 Å². The molecule has 0 aliphatic rings. The van der Waals surface area contributed by atoms with Crippen molar-refractivity contribution >= 4 is 23.1 Å². The van der Waals surface area contributed by atoms with E-state index in [0.29, 0.717) is 6.79 Å². The largest absolute Gasteiger partial charge is 2.00 e. The predicted octanol–water partition coefficient (Wildman–Crippen LogP) is 0.351. The van der Waals surface area contributed by atoms with Gasteiger partial charge in [0.25, 0.3) is 0 Å². The molecule has 0 aromatic rings. The minimum Gasteiger partial charge on any atom is -1.00 e. The fourth-order valence-electron chi connectivity index (χ4n) is 1.19. The third-order valence-corrected chi connectivity index (χ3v) is 2.07. The Balaban J connectivity index is -0.000000980. The van der Waals surface area contributed by atoms with Gasteiger partial charge in [0, 0.05) is 6.61 Å². The van der Waals surface area contributed by atoms with Gasteiger partial charge in [-0.25, -0.2) is 0 Å². The van der Waals surface area contributed by atoms with E-state index in [1.807, 2.05) is 0 Å². The first-order valence-corrected chi connectivity index (χ1v) is 6.01. The maximum absolute atomic E-state index is 5.33. The van der Waals surface area contributed by atoms with E-state index in [1.54, 1.807) is 0 Å². The standard InChI is InChI=1S/C13H25O2.HI.Mg/c1-3-5-7-9-11-14-13-15-12-10-8-6-4-2;;/h5,7H,1,3-4,6,8-13H2,2H3;1H;/q-1;;+2/p-1/b7-5-;;. The molecule has 0 rings (SSSR count). The summed E-state index contributed by atoms with van der Waals surface area (Å²) < 4.78 is 10.6. The second-order valence-electron chi connectivity index (χ2n) is 3.54. The Hall–Kier alpha value is 1.16. The molecule has 0 aliphatic carbocycles. The van der Waals surface area contributed by atoms with Crippen molar-refractivity contribution in [2.45, 2.75) is 45.4 Å². The smallest absolute Gasteiger partial charge is 1.00 e. The zero-order chi connectivity index (χ0) is 11.2. The third kappa shape index (κ3) is 22.8. The molecule has 0 amide bonds. The van der Waals surface area contributed by atoms with Crippen LogP contribution in [-0.4, -0.2) is 43.1 Å². The van der Waals surface area contributed by atoms with Gasteiger partial charge in [-0.05, 0) is 12.8 Å². The van der Waals surface area contributed by atoms with Crippen LogP contribution in [0, 0.1) is 6.92 Å².